The van der Waals surface area contributed by atoms with Crippen molar-refractivity contribution in [3.8, 4) is 0 Å². The molecule has 2 aromatic rings. The quantitative estimate of drug-likeness (QED) is 0.833. The summed E-state index contributed by atoms with van der Waals surface area (Å²) in [6, 6.07) is 8.27. The first-order valence-corrected chi connectivity index (χ1v) is 8.61. The van der Waals surface area contributed by atoms with Crippen LogP contribution >= 0.6 is 11.6 Å². The van der Waals surface area contributed by atoms with Crippen LogP contribution in [0.5, 0.6) is 0 Å². The van der Waals surface area contributed by atoms with Gasteiger partial charge < -0.3 is 9.30 Å². The molecule has 1 N–H and O–H groups in total. The van der Waals surface area contributed by atoms with Crippen molar-refractivity contribution in [1.29, 1.82) is 0 Å². The number of nitrogens with zero attached hydrogens (tertiary/aromatic N) is 1. The van der Waals surface area contributed by atoms with Gasteiger partial charge in [-0.3, -0.25) is 0 Å². The second-order valence-corrected chi connectivity index (χ2v) is 7.09. The van der Waals surface area contributed by atoms with Crippen molar-refractivity contribution in [3.05, 3.63) is 52.3 Å². The largest absolute Gasteiger partial charge is 0.464 e. The maximum absolute atomic E-state index is 12.5. The highest BCUT2D eigenvalue weighted by Crippen LogP contribution is 2.21. The van der Waals surface area contributed by atoms with Crippen LogP contribution in [-0.4, -0.2) is 26.1 Å². The number of carbonyl (C=O) groups excluding carboxylic acids is 1. The molecule has 1 aromatic heterocycles. The van der Waals surface area contributed by atoms with Gasteiger partial charge in [-0.2, -0.15) is 0 Å². The van der Waals surface area contributed by atoms with Crippen LogP contribution in [0, 0.1) is 6.92 Å². The molecule has 0 atom stereocenters. The third-order valence-electron chi connectivity index (χ3n) is 3.58. The smallest absolute Gasteiger partial charge is 0.354 e. The lowest BCUT2D eigenvalue weighted by molar-refractivity contribution is 0.0589. The van der Waals surface area contributed by atoms with Gasteiger partial charge in [-0.1, -0.05) is 29.8 Å². The molecule has 23 heavy (non-hydrogen) atoms. The van der Waals surface area contributed by atoms with Crippen molar-refractivity contribution in [3.63, 3.8) is 0 Å². The van der Waals surface area contributed by atoms with E-state index in [1.165, 1.54) is 17.7 Å². The summed E-state index contributed by atoms with van der Waals surface area (Å²) in [6.45, 7) is 1.68. The van der Waals surface area contributed by atoms with Gasteiger partial charge in [0, 0.05) is 24.3 Å². The third kappa shape index (κ3) is 3.57. The Hall–Kier alpha value is -1.83. The van der Waals surface area contributed by atoms with Crippen molar-refractivity contribution in [2.24, 2.45) is 7.05 Å². The van der Waals surface area contributed by atoms with Crippen LogP contribution in [-0.2, 0) is 28.4 Å². The van der Waals surface area contributed by atoms with E-state index in [-0.39, 0.29) is 17.1 Å². The molecule has 0 saturated heterocycles. The Labute approximate surface area is 140 Å². The van der Waals surface area contributed by atoms with E-state index in [1.807, 2.05) is 0 Å². The number of nitrogens with one attached hydrogen (secondary N) is 1. The minimum atomic E-state index is -3.79. The Morgan fingerprint density at radius 3 is 2.61 bits per heavy atom. The Bertz CT molecular complexity index is 843. The number of benzene rings is 1. The summed E-state index contributed by atoms with van der Waals surface area (Å²) in [6.07, 6.45) is 0. The highest BCUT2D eigenvalue weighted by atomic mass is 35.5. The summed E-state index contributed by atoms with van der Waals surface area (Å²) in [5.41, 5.74) is 1.28. The first kappa shape index (κ1) is 17.5. The lowest BCUT2D eigenvalue weighted by Gasteiger charge is -2.08. The number of aromatic nitrogens is 1. The number of hydrogen-bond donors (Lipinski definition) is 1. The van der Waals surface area contributed by atoms with Crippen molar-refractivity contribution < 1.29 is 17.9 Å². The molecule has 0 fully saturated rings. The fourth-order valence-corrected chi connectivity index (χ4v) is 3.63. The summed E-state index contributed by atoms with van der Waals surface area (Å²) in [5, 5.41) is 0.482. The summed E-state index contributed by atoms with van der Waals surface area (Å²) < 4.78 is 33.6. The van der Waals surface area contributed by atoms with Crippen LogP contribution in [0.1, 0.15) is 21.7 Å². The summed E-state index contributed by atoms with van der Waals surface area (Å²) in [4.78, 5) is 11.7. The minimum absolute atomic E-state index is 0.0347. The first-order chi connectivity index (χ1) is 10.8. The molecule has 6 nitrogen and oxygen atoms in total. The lowest BCUT2D eigenvalue weighted by atomic mass is 10.2. The predicted octanol–water partition coefficient (Wildman–Crippen LogP) is 2.25. The molecule has 0 aliphatic rings. The molecule has 1 aromatic carbocycles. The molecule has 2 rings (SSSR count). The van der Waals surface area contributed by atoms with E-state index in [2.05, 4.69) is 9.46 Å². The average molecular weight is 357 g/mol. The molecule has 124 valence electrons. The fourth-order valence-electron chi connectivity index (χ4n) is 2.14. The van der Waals surface area contributed by atoms with E-state index in [0.29, 0.717) is 16.3 Å². The predicted molar refractivity (Wildman–Crippen MR) is 87.0 cm³/mol. The Morgan fingerprint density at radius 1 is 1.35 bits per heavy atom. The van der Waals surface area contributed by atoms with Gasteiger partial charge in [-0.15, -0.1) is 0 Å². The highest BCUT2D eigenvalue weighted by Gasteiger charge is 2.24. The van der Waals surface area contributed by atoms with Crippen molar-refractivity contribution in [2.45, 2.75) is 18.4 Å². The van der Waals surface area contributed by atoms with E-state index in [0.717, 1.165) is 0 Å². The van der Waals surface area contributed by atoms with Crippen LogP contribution in [0.15, 0.2) is 35.2 Å². The lowest BCUT2D eigenvalue weighted by Crippen LogP contribution is -2.23. The van der Waals surface area contributed by atoms with Gasteiger partial charge in [0.1, 0.15) is 10.6 Å². The van der Waals surface area contributed by atoms with E-state index in [4.69, 9.17) is 11.6 Å². The van der Waals surface area contributed by atoms with Crippen molar-refractivity contribution in [1.82, 2.24) is 9.29 Å². The number of methoxy groups -OCH3 is 1. The monoisotopic (exact) mass is 356 g/mol. The number of carbonyl (C=O) groups is 1. The summed E-state index contributed by atoms with van der Waals surface area (Å²) in [7, 11) is -0.936. The molecule has 0 aliphatic heterocycles. The zero-order chi connectivity index (χ0) is 17.2. The number of ether oxygens (including phenoxy) is 1. The molecule has 0 saturated carbocycles. The van der Waals surface area contributed by atoms with Crippen LogP contribution in [0.25, 0.3) is 0 Å². The van der Waals surface area contributed by atoms with Crippen LogP contribution in [0.3, 0.4) is 0 Å². The van der Waals surface area contributed by atoms with Gasteiger partial charge in [0.2, 0.25) is 10.0 Å². The molecular formula is C15H17ClN2O4S. The van der Waals surface area contributed by atoms with E-state index >= 15 is 0 Å². The second-order valence-electron chi connectivity index (χ2n) is 4.95. The molecule has 0 radical (unpaired) electrons. The second kappa shape index (κ2) is 6.74. The highest BCUT2D eigenvalue weighted by molar-refractivity contribution is 7.89. The van der Waals surface area contributed by atoms with Crippen LogP contribution in [0.4, 0.5) is 0 Å². The van der Waals surface area contributed by atoms with Crippen molar-refractivity contribution in [2.75, 3.05) is 7.11 Å². The summed E-state index contributed by atoms with van der Waals surface area (Å²) in [5.74, 6) is -0.594. The third-order valence-corrected chi connectivity index (χ3v) is 5.47. The molecule has 0 amide bonds. The molecular weight excluding hydrogens is 340 g/mol. The molecule has 0 unspecified atom stereocenters. The molecule has 8 heteroatoms. The summed E-state index contributed by atoms with van der Waals surface area (Å²) >= 11 is 6.02. The number of sulfonamides is 1. The van der Waals surface area contributed by atoms with Crippen LogP contribution in [0.2, 0.25) is 5.02 Å². The average Bonchev–Trinajstić information content (AvgIpc) is 2.82. The molecule has 0 spiro atoms. The zero-order valence-electron chi connectivity index (χ0n) is 13.0. The van der Waals surface area contributed by atoms with Gasteiger partial charge in [-0.25, -0.2) is 17.9 Å². The Morgan fingerprint density at radius 2 is 2.00 bits per heavy atom. The normalized spacial score (nSPS) is 11.5. The SMILES string of the molecule is COC(=O)c1cc(S(=O)(=O)NCc2ccccc2Cl)c(C)n1C. The standard InChI is InChI=1S/C15H17ClN2O4S/c1-10-14(8-13(18(10)2)15(19)22-3)23(20,21)17-9-11-6-4-5-7-12(11)16/h4-8,17H,9H2,1-3H3. The molecule has 0 bridgehead atoms. The van der Waals surface area contributed by atoms with Crippen molar-refractivity contribution >= 4 is 27.6 Å². The Kier molecular flexibility index (Phi) is 5.13. The van der Waals surface area contributed by atoms with Gasteiger partial charge in [0.05, 0.1) is 7.11 Å². The maximum Gasteiger partial charge on any atom is 0.354 e. The fraction of sp³-hybridized carbons (Fsp3) is 0.267. The molecule has 1 heterocycles. The van der Waals surface area contributed by atoms with Gasteiger partial charge in [0.15, 0.2) is 0 Å². The first-order valence-electron chi connectivity index (χ1n) is 6.75. The number of hydrogen-bond acceptors (Lipinski definition) is 4. The Balaban J connectivity index is 2.30. The number of halogens is 1. The van der Waals surface area contributed by atoms with E-state index < -0.39 is 16.0 Å². The topological polar surface area (TPSA) is 77.4 Å². The van der Waals surface area contributed by atoms with Gasteiger partial charge in [-0.05, 0) is 24.6 Å². The number of esters is 1. The number of rotatable bonds is 5. The molecule has 0 aliphatic carbocycles. The zero-order valence-corrected chi connectivity index (χ0v) is 14.5. The van der Waals surface area contributed by atoms with E-state index in [1.54, 1.807) is 38.2 Å². The van der Waals surface area contributed by atoms with Gasteiger partial charge in [0.25, 0.3) is 0 Å². The van der Waals surface area contributed by atoms with E-state index in [9.17, 15) is 13.2 Å². The van der Waals surface area contributed by atoms with Gasteiger partial charge >= 0.3 is 5.97 Å². The minimum Gasteiger partial charge on any atom is -0.464 e. The maximum atomic E-state index is 12.5. The van der Waals surface area contributed by atoms with Crippen LogP contribution < -0.4 is 4.72 Å².